The minimum absolute atomic E-state index is 0.0366. The Morgan fingerprint density at radius 3 is 2.57 bits per heavy atom. The largest absolute Gasteiger partial charge is 0.347 e. The summed E-state index contributed by atoms with van der Waals surface area (Å²) in [6.07, 6.45) is 17.5. The molecule has 1 aliphatic heterocycles. The zero-order chi connectivity index (χ0) is 19.2. The number of carbonyl (C=O) groups is 1. The van der Waals surface area contributed by atoms with Crippen LogP contribution < -0.4 is 0 Å². The van der Waals surface area contributed by atoms with Crippen LogP contribution in [0, 0.1) is 34.0 Å². The molecule has 1 unspecified atom stereocenters. The van der Waals surface area contributed by atoms with E-state index in [1.165, 1.54) is 37.7 Å². The maximum absolute atomic E-state index is 12.0. The number of ether oxygens (including phenoxy) is 2. The van der Waals surface area contributed by atoms with Gasteiger partial charge in [0.25, 0.3) is 0 Å². The molecular formula is C25H34O3. The van der Waals surface area contributed by atoms with Crippen molar-refractivity contribution < 1.29 is 14.3 Å². The maximum Gasteiger partial charge on any atom is 0.177 e. The van der Waals surface area contributed by atoms with Crippen LogP contribution in [-0.2, 0) is 14.3 Å². The fourth-order valence-corrected chi connectivity index (χ4v) is 9.27. The Morgan fingerprint density at radius 1 is 1.04 bits per heavy atom. The molecule has 0 spiro atoms. The van der Waals surface area contributed by atoms with Gasteiger partial charge in [0.05, 0.1) is 13.2 Å². The van der Waals surface area contributed by atoms with Gasteiger partial charge in [-0.2, -0.15) is 0 Å². The number of hydrogen-bond acceptors (Lipinski definition) is 3. The van der Waals surface area contributed by atoms with Gasteiger partial charge in [-0.25, -0.2) is 0 Å². The van der Waals surface area contributed by atoms with Gasteiger partial charge >= 0.3 is 0 Å². The summed E-state index contributed by atoms with van der Waals surface area (Å²) in [7, 11) is 0. The highest BCUT2D eigenvalue weighted by Crippen LogP contribution is 2.81. The maximum atomic E-state index is 12.0. The summed E-state index contributed by atoms with van der Waals surface area (Å²) in [5.41, 5.74) is 2.07. The number of carbonyl (C=O) groups excluding carboxylic acids is 1. The van der Waals surface area contributed by atoms with Crippen LogP contribution in [0.2, 0.25) is 0 Å². The molecule has 3 heteroatoms. The van der Waals surface area contributed by atoms with Gasteiger partial charge < -0.3 is 9.47 Å². The molecule has 1 heterocycles. The molecule has 0 aromatic carbocycles. The van der Waals surface area contributed by atoms with E-state index in [4.69, 9.17) is 9.47 Å². The van der Waals surface area contributed by atoms with Gasteiger partial charge in [-0.1, -0.05) is 31.6 Å². The van der Waals surface area contributed by atoms with Gasteiger partial charge in [0.15, 0.2) is 11.6 Å². The van der Waals surface area contributed by atoms with E-state index in [1.807, 2.05) is 6.08 Å². The Hall–Kier alpha value is -0.930. The van der Waals surface area contributed by atoms with Crippen LogP contribution >= 0.6 is 0 Å². The Bertz CT molecular complexity index is 775. The molecule has 152 valence electrons. The first-order chi connectivity index (χ1) is 13.5. The normalized spacial score (nSPS) is 50.9. The third kappa shape index (κ3) is 1.79. The van der Waals surface area contributed by atoms with Crippen LogP contribution in [0.4, 0.5) is 0 Å². The second kappa shape index (κ2) is 5.60. The van der Waals surface area contributed by atoms with Crippen LogP contribution in [0.15, 0.2) is 23.8 Å². The molecule has 6 rings (SSSR count). The van der Waals surface area contributed by atoms with Crippen molar-refractivity contribution in [3.63, 3.8) is 0 Å². The Kier molecular flexibility index (Phi) is 3.58. The quantitative estimate of drug-likeness (QED) is 0.615. The van der Waals surface area contributed by atoms with Crippen molar-refractivity contribution in [2.75, 3.05) is 13.2 Å². The molecular weight excluding hydrogens is 348 g/mol. The van der Waals surface area contributed by atoms with E-state index in [-0.39, 0.29) is 10.8 Å². The minimum Gasteiger partial charge on any atom is -0.347 e. The van der Waals surface area contributed by atoms with E-state index in [9.17, 15) is 4.79 Å². The molecule has 0 radical (unpaired) electrons. The summed E-state index contributed by atoms with van der Waals surface area (Å²) in [4.78, 5) is 12.0. The van der Waals surface area contributed by atoms with Crippen molar-refractivity contribution in [1.82, 2.24) is 0 Å². The molecule has 3 nitrogen and oxygen atoms in total. The fraction of sp³-hybridized carbons (Fsp3) is 0.800. The van der Waals surface area contributed by atoms with E-state index >= 15 is 0 Å². The summed E-state index contributed by atoms with van der Waals surface area (Å²) in [5.74, 6) is 2.14. The predicted molar refractivity (Wildman–Crippen MR) is 108 cm³/mol. The van der Waals surface area contributed by atoms with Gasteiger partial charge in [-0.15, -0.1) is 0 Å². The SMILES string of the molecule is CCC1([C@]23C=CC4(CC2)[C@@H]2CCC5=CC(=O)CC[C@@H]5[C@H]2CC[C@@]43C)OCCO1. The highest BCUT2D eigenvalue weighted by molar-refractivity contribution is 5.91. The highest BCUT2D eigenvalue weighted by atomic mass is 16.7. The summed E-state index contributed by atoms with van der Waals surface area (Å²) in [6.45, 7) is 6.30. The lowest BCUT2D eigenvalue weighted by Crippen LogP contribution is -2.59. The molecule has 5 aliphatic carbocycles. The van der Waals surface area contributed by atoms with E-state index in [0.29, 0.717) is 17.1 Å². The van der Waals surface area contributed by atoms with Crippen molar-refractivity contribution in [2.45, 2.75) is 77.4 Å². The number of rotatable bonds is 2. The average molecular weight is 383 g/mol. The molecule has 4 fully saturated rings. The molecule has 28 heavy (non-hydrogen) atoms. The van der Waals surface area contributed by atoms with Crippen LogP contribution in [0.5, 0.6) is 0 Å². The van der Waals surface area contributed by atoms with E-state index in [1.54, 1.807) is 0 Å². The molecule has 0 aromatic rings. The Labute approximate surface area is 168 Å². The van der Waals surface area contributed by atoms with E-state index in [2.05, 4.69) is 26.0 Å². The van der Waals surface area contributed by atoms with Gasteiger partial charge in [0.1, 0.15) is 0 Å². The second-order valence-electron chi connectivity index (χ2n) is 10.7. The van der Waals surface area contributed by atoms with Crippen molar-refractivity contribution >= 4 is 5.78 Å². The summed E-state index contributed by atoms with van der Waals surface area (Å²) in [6, 6.07) is 0. The van der Waals surface area contributed by atoms with Crippen molar-refractivity contribution in [3.05, 3.63) is 23.8 Å². The van der Waals surface area contributed by atoms with Crippen LogP contribution in [0.1, 0.15) is 71.6 Å². The van der Waals surface area contributed by atoms with Gasteiger partial charge in [0, 0.05) is 11.8 Å². The topological polar surface area (TPSA) is 35.5 Å². The lowest BCUT2D eigenvalue weighted by atomic mass is 9.44. The summed E-state index contributed by atoms with van der Waals surface area (Å²) < 4.78 is 12.8. The number of ketones is 1. The molecule has 0 N–H and O–H groups in total. The molecule has 6 aliphatic rings. The monoisotopic (exact) mass is 382 g/mol. The van der Waals surface area contributed by atoms with Crippen LogP contribution in [0.25, 0.3) is 0 Å². The number of allylic oxidation sites excluding steroid dienone is 2. The zero-order valence-corrected chi connectivity index (χ0v) is 17.5. The first-order valence-corrected chi connectivity index (χ1v) is 11.7. The first-order valence-electron chi connectivity index (χ1n) is 11.7. The molecule has 6 atom stereocenters. The van der Waals surface area contributed by atoms with Gasteiger partial charge in [0.2, 0.25) is 0 Å². The lowest BCUT2D eigenvalue weighted by molar-refractivity contribution is -0.260. The zero-order valence-electron chi connectivity index (χ0n) is 17.5. The van der Waals surface area contributed by atoms with Crippen molar-refractivity contribution in [1.29, 1.82) is 0 Å². The smallest absolute Gasteiger partial charge is 0.177 e. The Morgan fingerprint density at radius 2 is 1.86 bits per heavy atom. The summed E-state index contributed by atoms with van der Waals surface area (Å²) in [5, 5.41) is 0. The van der Waals surface area contributed by atoms with Gasteiger partial charge in [-0.3, -0.25) is 4.79 Å². The molecule has 2 bridgehead atoms. The molecule has 0 aromatic heterocycles. The molecule has 0 amide bonds. The second-order valence-corrected chi connectivity index (χ2v) is 10.7. The number of hydrogen-bond donors (Lipinski definition) is 0. The van der Waals surface area contributed by atoms with Crippen LogP contribution in [0.3, 0.4) is 0 Å². The van der Waals surface area contributed by atoms with Crippen molar-refractivity contribution in [2.24, 2.45) is 34.0 Å². The number of fused-ring (bicyclic) bond motifs is 3. The first kappa shape index (κ1) is 17.9. The fourth-order valence-electron chi connectivity index (χ4n) is 9.27. The highest BCUT2D eigenvalue weighted by Gasteiger charge is 2.77. The van der Waals surface area contributed by atoms with E-state index in [0.717, 1.165) is 50.7 Å². The van der Waals surface area contributed by atoms with Crippen molar-refractivity contribution in [3.8, 4) is 0 Å². The molecule has 3 saturated carbocycles. The predicted octanol–water partition coefficient (Wildman–Crippen LogP) is 5.21. The Balaban J connectivity index is 1.41. The molecule has 1 saturated heterocycles. The average Bonchev–Trinajstić information content (AvgIpc) is 3.37. The summed E-state index contributed by atoms with van der Waals surface area (Å²) >= 11 is 0. The van der Waals surface area contributed by atoms with E-state index < -0.39 is 5.79 Å². The van der Waals surface area contributed by atoms with Crippen LogP contribution in [-0.4, -0.2) is 24.8 Å². The standard InChI is InChI=1S/C25H34O3/c1-3-25(27-14-15-28-25)24-12-10-23(11-13-24)21-7-4-17-16-18(26)5-6-19(17)20(21)8-9-22(23,24)2/h10,12,16,19-21H,3-9,11,13-15H2,1-2H3/t19-,20+,21+,22-,23?,24+/m0/s1. The minimum atomic E-state index is -0.416. The van der Waals surface area contributed by atoms with Gasteiger partial charge in [-0.05, 0) is 86.0 Å². The third-order valence-corrected chi connectivity index (χ3v) is 10.5. The third-order valence-electron chi connectivity index (χ3n) is 10.5. The lowest BCUT2D eigenvalue weighted by Gasteiger charge is -2.61.